The van der Waals surface area contributed by atoms with Gasteiger partial charge in [0.25, 0.3) is 5.56 Å². The van der Waals surface area contributed by atoms with Crippen molar-refractivity contribution in [1.29, 1.82) is 0 Å². The molecule has 4 rings (SSSR count). The summed E-state index contributed by atoms with van der Waals surface area (Å²) in [6, 6.07) is 10.2. The maximum absolute atomic E-state index is 13.2. The van der Waals surface area contributed by atoms with Gasteiger partial charge in [0.15, 0.2) is 0 Å². The fourth-order valence-corrected chi connectivity index (χ4v) is 4.39. The number of piperazine rings is 1. The number of carbonyl (C=O) groups is 1. The van der Waals surface area contributed by atoms with Crippen LogP contribution in [0.15, 0.2) is 46.0 Å². The maximum atomic E-state index is 13.2. The fourth-order valence-electron chi connectivity index (χ4n) is 4.39. The van der Waals surface area contributed by atoms with Gasteiger partial charge in [-0.2, -0.15) is 0 Å². The number of anilines is 2. The number of urea groups is 1. The number of carbonyl (C=O) groups excluding carboxylic acids is 1. The molecule has 0 saturated carbocycles. The summed E-state index contributed by atoms with van der Waals surface area (Å²) in [5, 5.41) is 2.76. The van der Waals surface area contributed by atoms with Crippen LogP contribution < -0.4 is 36.7 Å². The third-order valence-corrected chi connectivity index (χ3v) is 6.24. The SMILES string of the molecule is CCCOc1cc2[nH]c(=O)n(CCN3CCN(c4ccccc4OC)CC3)c(=O)c2cc1NC(N)=O. The fraction of sp³-hybridized carbons (Fsp3) is 0.400. The lowest BCUT2D eigenvalue weighted by atomic mass is 10.2. The van der Waals surface area contributed by atoms with E-state index >= 15 is 0 Å². The van der Waals surface area contributed by atoms with Crippen LogP contribution in [-0.4, -0.2) is 66.9 Å². The van der Waals surface area contributed by atoms with Gasteiger partial charge in [-0.15, -0.1) is 0 Å². The van der Waals surface area contributed by atoms with Crippen LogP contribution in [0.2, 0.25) is 0 Å². The summed E-state index contributed by atoms with van der Waals surface area (Å²) >= 11 is 0. The van der Waals surface area contributed by atoms with Crippen LogP contribution >= 0.6 is 0 Å². The average molecular weight is 497 g/mol. The van der Waals surface area contributed by atoms with Gasteiger partial charge in [0.05, 0.1) is 36.0 Å². The van der Waals surface area contributed by atoms with Gasteiger partial charge in [-0.3, -0.25) is 14.3 Å². The lowest BCUT2D eigenvalue weighted by Crippen LogP contribution is -2.48. The van der Waals surface area contributed by atoms with Crippen LogP contribution in [-0.2, 0) is 6.54 Å². The Hall–Kier alpha value is -3.99. The van der Waals surface area contributed by atoms with E-state index in [-0.39, 0.29) is 17.6 Å². The minimum Gasteiger partial charge on any atom is -0.495 e. The minimum absolute atomic E-state index is 0.242. The third-order valence-electron chi connectivity index (χ3n) is 6.24. The van der Waals surface area contributed by atoms with E-state index < -0.39 is 17.3 Å². The number of para-hydroxylation sites is 2. The molecular weight excluding hydrogens is 464 g/mol. The molecule has 2 heterocycles. The van der Waals surface area contributed by atoms with Crippen LogP contribution in [0, 0.1) is 0 Å². The van der Waals surface area contributed by atoms with E-state index in [1.54, 1.807) is 13.2 Å². The van der Waals surface area contributed by atoms with Crippen LogP contribution in [0.4, 0.5) is 16.2 Å². The lowest BCUT2D eigenvalue weighted by Gasteiger charge is -2.36. The monoisotopic (exact) mass is 496 g/mol. The molecule has 192 valence electrons. The number of hydrogen-bond donors (Lipinski definition) is 3. The number of aromatic amines is 1. The van der Waals surface area contributed by atoms with Crippen LogP contribution in [0.1, 0.15) is 13.3 Å². The molecular formula is C25H32N6O5. The van der Waals surface area contributed by atoms with Crippen molar-refractivity contribution >= 4 is 28.3 Å². The van der Waals surface area contributed by atoms with Gasteiger partial charge in [0, 0.05) is 45.3 Å². The summed E-state index contributed by atoms with van der Waals surface area (Å²) in [7, 11) is 1.67. The number of benzene rings is 2. The van der Waals surface area contributed by atoms with Crippen molar-refractivity contribution in [3.05, 3.63) is 57.2 Å². The molecule has 11 nitrogen and oxygen atoms in total. The number of nitrogens with zero attached hydrogens (tertiary/aromatic N) is 3. The van der Waals surface area contributed by atoms with E-state index in [1.165, 1.54) is 10.6 Å². The zero-order valence-electron chi connectivity index (χ0n) is 20.6. The van der Waals surface area contributed by atoms with E-state index in [9.17, 15) is 14.4 Å². The van der Waals surface area contributed by atoms with Gasteiger partial charge in [0.1, 0.15) is 11.5 Å². The van der Waals surface area contributed by atoms with Gasteiger partial charge in [-0.05, 0) is 24.6 Å². The zero-order valence-corrected chi connectivity index (χ0v) is 20.6. The van der Waals surface area contributed by atoms with E-state index in [1.807, 2.05) is 31.2 Å². The number of ether oxygens (including phenoxy) is 2. The molecule has 2 amide bonds. The molecule has 0 atom stereocenters. The standard InChI is InChI=1S/C25H32N6O5/c1-3-14-36-22-16-18-17(15-19(22)27-24(26)33)23(32)31(25(34)28-18)13-10-29-8-11-30(12-9-29)20-6-4-5-7-21(20)35-2/h4-7,15-16H,3,8-14H2,1-2H3,(H,28,34)(H3,26,27,33). The molecule has 1 aromatic heterocycles. The van der Waals surface area contributed by atoms with Gasteiger partial charge in [-0.1, -0.05) is 19.1 Å². The topological polar surface area (TPSA) is 135 Å². The highest BCUT2D eigenvalue weighted by Gasteiger charge is 2.20. The van der Waals surface area contributed by atoms with Crippen LogP contribution in [0.5, 0.6) is 11.5 Å². The molecule has 1 saturated heterocycles. The summed E-state index contributed by atoms with van der Waals surface area (Å²) in [6.07, 6.45) is 0.749. The van der Waals surface area contributed by atoms with E-state index in [0.29, 0.717) is 24.4 Å². The Labute approximate surface area is 208 Å². The Bertz CT molecular complexity index is 1340. The number of H-pyrrole nitrogens is 1. The molecule has 0 bridgehead atoms. The first kappa shape index (κ1) is 25.1. The molecule has 1 aliphatic rings. The van der Waals surface area contributed by atoms with Gasteiger partial charge in [-0.25, -0.2) is 9.59 Å². The van der Waals surface area contributed by atoms with Crippen molar-refractivity contribution in [2.24, 2.45) is 5.73 Å². The second kappa shape index (κ2) is 11.2. The molecule has 11 heteroatoms. The first-order valence-corrected chi connectivity index (χ1v) is 12.0. The second-order valence-electron chi connectivity index (χ2n) is 8.62. The third kappa shape index (κ3) is 5.46. The molecule has 0 unspecified atom stereocenters. The predicted molar refractivity (Wildman–Crippen MR) is 139 cm³/mol. The number of nitrogens with one attached hydrogen (secondary N) is 2. The molecule has 2 aromatic carbocycles. The molecule has 0 aliphatic carbocycles. The maximum Gasteiger partial charge on any atom is 0.328 e. The van der Waals surface area contributed by atoms with Crippen molar-refractivity contribution in [3.8, 4) is 11.5 Å². The summed E-state index contributed by atoms with van der Waals surface area (Å²) < 4.78 is 12.3. The molecule has 0 spiro atoms. The number of hydrogen-bond acceptors (Lipinski definition) is 7. The Morgan fingerprint density at radius 3 is 2.53 bits per heavy atom. The Kier molecular flexibility index (Phi) is 7.79. The van der Waals surface area contributed by atoms with Gasteiger partial charge in [0.2, 0.25) is 0 Å². The highest BCUT2D eigenvalue weighted by molar-refractivity contribution is 5.94. The summed E-state index contributed by atoms with van der Waals surface area (Å²) in [4.78, 5) is 44.7. The number of nitrogens with two attached hydrogens (primary N) is 1. The van der Waals surface area contributed by atoms with E-state index in [0.717, 1.165) is 44.0 Å². The van der Waals surface area contributed by atoms with Crippen LogP contribution in [0.25, 0.3) is 10.9 Å². The quantitative estimate of drug-likeness (QED) is 0.411. The number of aromatic nitrogens is 2. The van der Waals surface area contributed by atoms with Crippen molar-refractivity contribution in [2.45, 2.75) is 19.9 Å². The number of rotatable bonds is 9. The predicted octanol–water partition coefficient (Wildman–Crippen LogP) is 1.80. The summed E-state index contributed by atoms with van der Waals surface area (Å²) in [6.45, 7) is 6.36. The van der Waals surface area contributed by atoms with Crippen molar-refractivity contribution in [1.82, 2.24) is 14.5 Å². The number of primary amides is 1. The van der Waals surface area contributed by atoms with E-state index in [4.69, 9.17) is 15.2 Å². The number of amides is 2. The Balaban J connectivity index is 1.49. The van der Waals surface area contributed by atoms with Crippen molar-refractivity contribution in [3.63, 3.8) is 0 Å². The highest BCUT2D eigenvalue weighted by Crippen LogP contribution is 2.29. The summed E-state index contributed by atoms with van der Waals surface area (Å²) in [5.74, 6) is 1.18. The number of methoxy groups -OCH3 is 1. The zero-order chi connectivity index (χ0) is 25.7. The second-order valence-corrected chi connectivity index (χ2v) is 8.62. The molecule has 0 radical (unpaired) electrons. The van der Waals surface area contributed by atoms with Crippen LogP contribution in [0.3, 0.4) is 0 Å². The highest BCUT2D eigenvalue weighted by atomic mass is 16.5. The normalized spacial score (nSPS) is 14.1. The molecule has 1 fully saturated rings. The Morgan fingerprint density at radius 1 is 1.08 bits per heavy atom. The molecule has 4 N–H and O–H groups in total. The number of fused-ring (bicyclic) bond motifs is 1. The van der Waals surface area contributed by atoms with Crippen molar-refractivity contribution in [2.75, 3.05) is 56.7 Å². The molecule has 1 aliphatic heterocycles. The first-order valence-electron chi connectivity index (χ1n) is 12.0. The molecule has 36 heavy (non-hydrogen) atoms. The average Bonchev–Trinajstić information content (AvgIpc) is 2.88. The largest absolute Gasteiger partial charge is 0.495 e. The van der Waals surface area contributed by atoms with Gasteiger partial charge >= 0.3 is 11.7 Å². The van der Waals surface area contributed by atoms with E-state index in [2.05, 4.69) is 20.1 Å². The van der Waals surface area contributed by atoms with Gasteiger partial charge < -0.3 is 30.4 Å². The Morgan fingerprint density at radius 2 is 1.83 bits per heavy atom. The van der Waals surface area contributed by atoms with Crippen molar-refractivity contribution < 1.29 is 14.3 Å². The minimum atomic E-state index is -0.771. The first-order chi connectivity index (χ1) is 17.4. The lowest BCUT2D eigenvalue weighted by molar-refractivity contribution is 0.245. The molecule has 3 aromatic rings. The summed E-state index contributed by atoms with van der Waals surface area (Å²) in [5.41, 5.74) is 6.05. The smallest absolute Gasteiger partial charge is 0.328 e.